The van der Waals surface area contributed by atoms with Crippen molar-refractivity contribution >= 4 is 33.5 Å². The van der Waals surface area contributed by atoms with Crippen molar-refractivity contribution in [1.82, 2.24) is 14.5 Å². The van der Waals surface area contributed by atoms with Gasteiger partial charge >= 0.3 is 0 Å². The molecule has 4 nitrogen and oxygen atoms in total. The fourth-order valence-electron chi connectivity index (χ4n) is 2.69. The summed E-state index contributed by atoms with van der Waals surface area (Å²) in [6, 6.07) is 13.4. The lowest BCUT2D eigenvalue weighted by molar-refractivity contribution is 0.837. The zero-order valence-electron chi connectivity index (χ0n) is 11.6. The summed E-state index contributed by atoms with van der Waals surface area (Å²) in [6.07, 6.45) is 3.63. The Kier molecular flexibility index (Phi) is 2.98. The monoisotopic (exact) mass is 309 g/mol. The van der Waals surface area contributed by atoms with E-state index in [0.29, 0.717) is 5.02 Å². The van der Waals surface area contributed by atoms with Gasteiger partial charge in [0.25, 0.3) is 0 Å². The Bertz CT molecular complexity index is 1050. The molecule has 0 aliphatic rings. The number of pyridine rings is 2. The van der Waals surface area contributed by atoms with Crippen molar-refractivity contribution in [1.29, 1.82) is 0 Å². The van der Waals surface area contributed by atoms with E-state index < -0.39 is 0 Å². The minimum absolute atomic E-state index is 0.0864. The molecule has 5 heteroatoms. The highest BCUT2D eigenvalue weighted by Crippen LogP contribution is 2.20. The van der Waals surface area contributed by atoms with Crippen LogP contribution in [0.3, 0.4) is 0 Å². The molecule has 0 amide bonds. The predicted molar refractivity (Wildman–Crippen MR) is 88.4 cm³/mol. The first-order valence-corrected chi connectivity index (χ1v) is 7.29. The van der Waals surface area contributed by atoms with Gasteiger partial charge in [-0.05, 0) is 35.9 Å². The normalized spacial score (nSPS) is 11.3. The molecule has 0 fully saturated rings. The summed E-state index contributed by atoms with van der Waals surface area (Å²) >= 11 is 6.01. The first-order valence-electron chi connectivity index (χ1n) is 6.91. The Morgan fingerprint density at radius 1 is 1.14 bits per heavy atom. The molecule has 0 aliphatic carbocycles. The van der Waals surface area contributed by atoms with E-state index in [0.717, 1.165) is 34.0 Å². The largest absolute Gasteiger partial charge is 0.342 e. The molecule has 0 radical (unpaired) electrons. The summed E-state index contributed by atoms with van der Waals surface area (Å²) in [5.74, 6) is 0. The molecule has 1 aromatic carbocycles. The number of aromatic amines is 1. The third-order valence-electron chi connectivity index (χ3n) is 3.72. The number of halogens is 1. The van der Waals surface area contributed by atoms with E-state index >= 15 is 0 Å². The third kappa shape index (κ3) is 2.27. The van der Waals surface area contributed by atoms with E-state index in [-0.39, 0.29) is 5.56 Å². The van der Waals surface area contributed by atoms with E-state index in [9.17, 15) is 4.79 Å². The number of aromatic nitrogens is 3. The molecule has 4 aromatic rings. The number of hydrogen-bond acceptors (Lipinski definition) is 2. The van der Waals surface area contributed by atoms with Gasteiger partial charge in [-0.15, -0.1) is 0 Å². The molecular weight excluding hydrogens is 298 g/mol. The van der Waals surface area contributed by atoms with Crippen LogP contribution in [-0.4, -0.2) is 14.5 Å². The molecule has 0 bridgehead atoms. The first-order chi connectivity index (χ1) is 10.7. The van der Waals surface area contributed by atoms with Crippen LogP contribution >= 0.6 is 11.6 Å². The zero-order chi connectivity index (χ0) is 15.1. The van der Waals surface area contributed by atoms with Crippen LogP contribution in [-0.2, 0) is 6.54 Å². The lowest BCUT2D eigenvalue weighted by atomic mass is 10.1. The molecule has 3 heterocycles. The number of H-pyrrole nitrogens is 1. The molecular formula is C17H12ClN3O. The number of nitrogens with zero attached hydrogens (tertiary/aromatic N) is 2. The predicted octanol–water partition coefficient (Wildman–Crippen LogP) is 3.58. The van der Waals surface area contributed by atoms with Gasteiger partial charge in [0.1, 0.15) is 0 Å². The minimum Gasteiger partial charge on any atom is -0.342 e. The average molecular weight is 310 g/mol. The van der Waals surface area contributed by atoms with Crippen LogP contribution in [0.4, 0.5) is 0 Å². The SMILES string of the molecule is O=c1ccc2c(ccn2Cc2ccc3ncc(Cl)cc3c2)[nH]1. The number of benzene rings is 1. The van der Waals surface area contributed by atoms with Crippen molar-refractivity contribution in [3.8, 4) is 0 Å². The maximum Gasteiger partial charge on any atom is 0.248 e. The minimum atomic E-state index is -0.0864. The van der Waals surface area contributed by atoms with E-state index in [2.05, 4.69) is 26.7 Å². The Balaban J connectivity index is 1.77. The van der Waals surface area contributed by atoms with Crippen LogP contribution in [0.25, 0.3) is 21.9 Å². The van der Waals surface area contributed by atoms with Crippen LogP contribution in [0.5, 0.6) is 0 Å². The van der Waals surface area contributed by atoms with Crippen molar-refractivity contribution in [2.24, 2.45) is 0 Å². The van der Waals surface area contributed by atoms with Crippen LogP contribution < -0.4 is 5.56 Å². The van der Waals surface area contributed by atoms with Crippen molar-refractivity contribution in [3.63, 3.8) is 0 Å². The number of hydrogen-bond donors (Lipinski definition) is 1. The molecule has 0 saturated heterocycles. The molecule has 0 saturated carbocycles. The van der Waals surface area contributed by atoms with Gasteiger partial charge in [0.2, 0.25) is 5.56 Å². The van der Waals surface area contributed by atoms with E-state index in [4.69, 9.17) is 11.6 Å². The van der Waals surface area contributed by atoms with E-state index in [1.54, 1.807) is 12.3 Å². The number of fused-ring (bicyclic) bond motifs is 2. The first kappa shape index (κ1) is 13.1. The third-order valence-corrected chi connectivity index (χ3v) is 3.93. The van der Waals surface area contributed by atoms with Crippen LogP contribution in [0, 0.1) is 0 Å². The molecule has 0 atom stereocenters. The lowest BCUT2D eigenvalue weighted by Crippen LogP contribution is -2.03. The quantitative estimate of drug-likeness (QED) is 0.615. The Morgan fingerprint density at radius 2 is 2.05 bits per heavy atom. The highest BCUT2D eigenvalue weighted by Gasteiger charge is 2.04. The van der Waals surface area contributed by atoms with Gasteiger partial charge in [-0.2, -0.15) is 0 Å². The highest BCUT2D eigenvalue weighted by molar-refractivity contribution is 6.31. The van der Waals surface area contributed by atoms with Crippen molar-refractivity contribution in [2.75, 3.05) is 0 Å². The highest BCUT2D eigenvalue weighted by atomic mass is 35.5. The second-order valence-corrected chi connectivity index (χ2v) is 5.68. The van der Waals surface area contributed by atoms with Gasteiger partial charge in [0.15, 0.2) is 0 Å². The second-order valence-electron chi connectivity index (χ2n) is 5.25. The zero-order valence-corrected chi connectivity index (χ0v) is 12.3. The average Bonchev–Trinajstić information content (AvgIpc) is 2.89. The van der Waals surface area contributed by atoms with E-state index in [1.807, 2.05) is 30.5 Å². The summed E-state index contributed by atoms with van der Waals surface area (Å²) in [7, 11) is 0. The van der Waals surface area contributed by atoms with Crippen LogP contribution in [0.15, 0.2) is 59.7 Å². The summed E-state index contributed by atoms with van der Waals surface area (Å²) in [5.41, 5.74) is 3.84. The van der Waals surface area contributed by atoms with Crippen molar-refractivity contribution in [2.45, 2.75) is 6.54 Å². The molecule has 1 N–H and O–H groups in total. The Labute approximate surface area is 131 Å². The molecule has 0 aliphatic heterocycles. The molecule has 4 rings (SSSR count). The van der Waals surface area contributed by atoms with Gasteiger partial charge in [0, 0.05) is 30.4 Å². The molecule has 108 valence electrons. The summed E-state index contributed by atoms with van der Waals surface area (Å²) < 4.78 is 2.10. The van der Waals surface area contributed by atoms with Gasteiger partial charge in [0.05, 0.1) is 21.6 Å². The van der Waals surface area contributed by atoms with Gasteiger partial charge in [-0.3, -0.25) is 9.78 Å². The second kappa shape index (κ2) is 5.00. The molecule has 22 heavy (non-hydrogen) atoms. The molecule has 0 spiro atoms. The fourth-order valence-corrected chi connectivity index (χ4v) is 2.86. The lowest BCUT2D eigenvalue weighted by Gasteiger charge is -2.07. The van der Waals surface area contributed by atoms with Gasteiger partial charge < -0.3 is 9.55 Å². The van der Waals surface area contributed by atoms with Crippen LogP contribution in [0.2, 0.25) is 5.02 Å². The molecule has 0 unspecified atom stereocenters. The number of rotatable bonds is 2. The topological polar surface area (TPSA) is 50.7 Å². The standard InChI is InChI=1S/C17H12ClN3O/c18-13-8-12-7-11(1-2-14(12)19-9-13)10-21-6-5-15-16(21)3-4-17(22)20-15/h1-9H,10H2,(H,20,22). The van der Waals surface area contributed by atoms with E-state index in [1.165, 1.54) is 0 Å². The van der Waals surface area contributed by atoms with Crippen molar-refractivity contribution in [3.05, 3.63) is 75.8 Å². The summed E-state index contributed by atoms with van der Waals surface area (Å²) in [5, 5.41) is 1.66. The van der Waals surface area contributed by atoms with Gasteiger partial charge in [-0.1, -0.05) is 17.7 Å². The summed E-state index contributed by atoms with van der Waals surface area (Å²) in [6.45, 7) is 0.720. The van der Waals surface area contributed by atoms with Crippen molar-refractivity contribution < 1.29 is 0 Å². The Morgan fingerprint density at radius 3 is 2.95 bits per heavy atom. The summed E-state index contributed by atoms with van der Waals surface area (Å²) in [4.78, 5) is 18.5. The fraction of sp³-hybridized carbons (Fsp3) is 0.0588. The van der Waals surface area contributed by atoms with Crippen LogP contribution in [0.1, 0.15) is 5.56 Å². The maximum absolute atomic E-state index is 11.3. The maximum atomic E-state index is 11.3. The Hall–Kier alpha value is -2.59. The number of nitrogens with one attached hydrogen (secondary N) is 1. The smallest absolute Gasteiger partial charge is 0.248 e. The molecule has 3 aromatic heterocycles. The van der Waals surface area contributed by atoms with Gasteiger partial charge in [-0.25, -0.2) is 0 Å².